The van der Waals surface area contributed by atoms with E-state index in [1.807, 2.05) is 18.2 Å². The lowest BCUT2D eigenvalue weighted by molar-refractivity contribution is -0.122. The van der Waals surface area contributed by atoms with Gasteiger partial charge in [-0.25, -0.2) is 9.48 Å². The number of carbonyl (C=O) groups excluding carboxylic acids is 1. The maximum Gasteiger partial charge on any atom is 0.350 e. The van der Waals surface area contributed by atoms with Crippen LogP contribution in [0.1, 0.15) is 5.56 Å². The van der Waals surface area contributed by atoms with Gasteiger partial charge >= 0.3 is 5.69 Å². The molecule has 3 aromatic rings. The number of aromatic nitrogens is 3. The van der Waals surface area contributed by atoms with Crippen LogP contribution in [0.25, 0.3) is 5.65 Å². The fourth-order valence-corrected chi connectivity index (χ4v) is 2.66. The number of amides is 1. The van der Waals surface area contributed by atoms with Crippen molar-refractivity contribution in [2.75, 3.05) is 13.2 Å². The molecule has 0 saturated carbocycles. The van der Waals surface area contributed by atoms with Crippen LogP contribution >= 0.6 is 0 Å². The van der Waals surface area contributed by atoms with Crippen molar-refractivity contribution >= 4 is 11.6 Å². The van der Waals surface area contributed by atoms with Gasteiger partial charge in [0.05, 0.1) is 0 Å². The molecule has 1 aliphatic heterocycles. The van der Waals surface area contributed by atoms with E-state index in [2.05, 4.69) is 10.4 Å². The molecule has 2 aromatic heterocycles. The fourth-order valence-electron chi connectivity index (χ4n) is 2.66. The maximum absolute atomic E-state index is 12.2. The zero-order valence-corrected chi connectivity index (χ0v) is 13.3. The third-order valence-electron chi connectivity index (χ3n) is 3.88. The van der Waals surface area contributed by atoms with Crippen LogP contribution in [-0.4, -0.2) is 33.3 Å². The van der Waals surface area contributed by atoms with Gasteiger partial charge in [-0.2, -0.15) is 0 Å². The number of hydrogen-bond donors (Lipinski definition) is 1. The van der Waals surface area contributed by atoms with Gasteiger partial charge in [-0.05, 0) is 29.8 Å². The minimum absolute atomic E-state index is 0.134. The van der Waals surface area contributed by atoms with E-state index in [1.165, 1.54) is 4.40 Å². The lowest BCUT2D eigenvalue weighted by Gasteiger charge is -2.18. The Balaban J connectivity index is 1.42. The van der Waals surface area contributed by atoms with Crippen LogP contribution in [0.4, 0.5) is 0 Å². The summed E-state index contributed by atoms with van der Waals surface area (Å²) in [6.45, 7) is 1.25. The lowest BCUT2D eigenvalue weighted by Crippen LogP contribution is -2.32. The zero-order chi connectivity index (χ0) is 17.2. The molecule has 0 fully saturated rings. The first-order valence-electron chi connectivity index (χ1n) is 7.90. The summed E-state index contributed by atoms with van der Waals surface area (Å²) in [6, 6.07) is 10.8. The number of hydrogen-bond acceptors (Lipinski definition) is 5. The predicted molar refractivity (Wildman–Crippen MR) is 88.7 cm³/mol. The molecule has 4 rings (SSSR count). The average Bonchev–Trinajstić information content (AvgIpc) is 2.96. The summed E-state index contributed by atoms with van der Waals surface area (Å²) < 4.78 is 13.5. The SMILES string of the molecule is O=C(Cn1nc2ccccn2c1=O)NCc1ccc2c(c1)OCCO2. The van der Waals surface area contributed by atoms with Crippen LogP contribution in [0.2, 0.25) is 0 Å². The molecule has 0 atom stereocenters. The van der Waals surface area contributed by atoms with Crippen molar-refractivity contribution in [1.82, 2.24) is 19.5 Å². The maximum atomic E-state index is 12.2. The van der Waals surface area contributed by atoms with Gasteiger partial charge in [0.15, 0.2) is 17.1 Å². The normalized spacial score (nSPS) is 13.0. The fraction of sp³-hybridized carbons (Fsp3) is 0.235. The van der Waals surface area contributed by atoms with E-state index in [4.69, 9.17) is 9.47 Å². The summed E-state index contributed by atoms with van der Waals surface area (Å²) in [5.74, 6) is 1.09. The highest BCUT2D eigenvalue weighted by molar-refractivity contribution is 5.75. The van der Waals surface area contributed by atoms with Crippen molar-refractivity contribution in [2.45, 2.75) is 13.1 Å². The van der Waals surface area contributed by atoms with Crippen molar-refractivity contribution < 1.29 is 14.3 Å². The first-order valence-corrected chi connectivity index (χ1v) is 7.90. The molecule has 25 heavy (non-hydrogen) atoms. The molecule has 3 heterocycles. The molecule has 0 bridgehead atoms. The summed E-state index contributed by atoms with van der Waals surface area (Å²) in [4.78, 5) is 24.3. The van der Waals surface area contributed by atoms with E-state index in [0.29, 0.717) is 36.9 Å². The quantitative estimate of drug-likeness (QED) is 0.751. The van der Waals surface area contributed by atoms with Crippen molar-refractivity contribution in [2.24, 2.45) is 0 Å². The molecule has 0 saturated heterocycles. The lowest BCUT2D eigenvalue weighted by atomic mass is 10.2. The van der Waals surface area contributed by atoms with Gasteiger partial charge in [0.25, 0.3) is 0 Å². The third-order valence-corrected chi connectivity index (χ3v) is 3.88. The molecular formula is C17H16N4O4. The highest BCUT2D eigenvalue weighted by Crippen LogP contribution is 2.30. The number of pyridine rings is 1. The number of nitrogens with one attached hydrogen (secondary N) is 1. The molecule has 8 nitrogen and oxygen atoms in total. The molecule has 0 aliphatic carbocycles. The van der Waals surface area contributed by atoms with Crippen LogP contribution in [0, 0.1) is 0 Å². The van der Waals surface area contributed by atoms with Gasteiger partial charge in [0.1, 0.15) is 19.8 Å². The van der Waals surface area contributed by atoms with E-state index >= 15 is 0 Å². The van der Waals surface area contributed by atoms with E-state index in [0.717, 1.165) is 10.2 Å². The largest absolute Gasteiger partial charge is 0.486 e. The molecule has 0 spiro atoms. The minimum Gasteiger partial charge on any atom is -0.486 e. The van der Waals surface area contributed by atoms with Crippen LogP contribution in [0.3, 0.4) is 0 Å². The Bertz CT molecular complexity index is 992. The number of rotatable bonds is 4. The van der Waals surface area contributed by atoms with Crippen LogP contribution in [0.5, 0.6) is 11.5 Å². The van der Waals surface area contributed by atoms with E-state index in [9.17, 15) is 9.59 Å². The number of nitrogens with zero attached hydrogens (tertiary/aromatic N) is 3. The van der Waals surface area contributed by atoms with Crippen molar-refractivity contribution in [3.8, 4) is 11.5 Å². The Hall–Kier alpha value is -3.29. The number of benzene rings is 1. The Morgan fingerprint density at radius 1 is 1.16 bits per heavy atom. The van der Waals surface area contributed by atoms with Gasteiger partial charge in [-0.3, -0.25) is 9.20 Å². The molecule has 1 aromatic carbocycles. The zero-order valence-electron chi connectivity index (χ0n) is 13.3. The Morgan fingerprint density at radius 2 is 2.00 bits per heavy atom. The first-order chi connectivity index (χ1) is 12.2. The van der Waals surface area contributed by atoms with Crippen LogP contribution < -0.4 is 20.5 Å². The predicted octanol–water partition coefficient (Wildman–Crippen LogP) is 0.584. The van der Waals surface area contributed by atoms with Crippen molar-refractivity contribution in [3.63, 3.8) is 0 Å². The van der Waals surface area contributed by atoms with Crippen LogP contribution in [0.15, 0.2) is 47.4 Å². The summed E-state index contributed by atoms with van der Waals surface area (Å²) >= 11 is 0. The topological polar surface area (TPSA) is 86.9 Å². The van der Waals surface area contributed by atoms with Gasteiger partial charge in [-0.15, -0.1) is 5.10 Å². The highest BCUT2D eigenvalue weighted by Gasteiger charge is 2.13. The second-order valence-electron chi connectivity index (χ2n) is 5.62. The second-order valence-corrected chi connectivity index (χ2v) is 5.62. The number of carbonyl (C=O) groups is 1. The highest BCUT2D eigenvalue weighted by atomic mass is 16.6. The molecule has 0 radical (unpaired) electrons. The molecule has 1 amide bonds. The van der Waals surface area contributed by atoms with E-state index in [1.54, 1.807) is 24.4 Å². The van der Waals surface area contributed by atoms with Gasteiger partial charge in [-0.1, -0.05) is 12.1 Å². The van der Waals surface area contributed by atoms with Gasteiger partial charge in [0.2, 0.25) is 5.91 Å². The van der Waals surface area contributed by atoms with E-state index in [-0.39, 0.29) is 18.1 Å². The van der Waals surface area contributed by atoms with Gasteiger partial charge in [0, 0.05) is 12.7 Å². The third kappa shape index (κ3) is 3.06. The number of ether oxygens (including phenoxy) is 2. The summed E-state index contributed by atoms with van der Waals surface area (Å²) in [5.41, 5.74) is 1.05. The van der Waals surface area contributed by atoms with Gasteiger partial charge < -0.3 is 14.8 Å². The Kier molecular flexibility index (Phi) is 3.85. The Morgan fingerprint density at radius 3 is 2.84 bits per heavy atom. The molecule has 8 heteroatoms. The molecular weight excluding hydrogens is 324 g/mol. The summed E-state index contributed by atoms with van der Waals surface area (Å²) in [7, 11) is 0. The second kappa shape index (κ2) is 6.31. The number of fused-ring (bicyclic) bond motifs is 2. The van der Waals surface area contributed by atoms with Crippen molar-refractivity contribution in [1.29, 1.82) is 0 Å². The molecule has 1 aliphatic rings. The first kappa shape index (κ1) is 15.3. The molecule has 1 N–H and O–H groups in total. The monoisotopic (exact) mass is 340 g/mol. The smallest absolute Gasteiger partial charge is 0.350 e. The molecule has 0 unspecified atom stereocenters. The standard InChI is InChI=1S/C17H16N4O4/c22-16(11-21-17(23)20-6-2-1-3-15(20)19-21)18-10-12-4-5-13-14(9-12)25-8-7-24-13/h1-6,9H,7-8,10-11H2,(H,18,22). The van der Waals surface area contributed by atoms with Crippen LogP contribution in [-0.2, 0) is 17.9 Å². The molecule has 128 valence electrons. The van der Waals surface area contributed by atoms with Crippen molar-refractivity contribution in [3.05, 3.63) is 58.6 Å². The Labute approximate surface area is 142 Å². The minimum atomic E-state index is -0.343. The summed E-state index contributed by atoms with van der Waals surface area (Å²) in [5, 5.41) is 6.92. The van der Waals surface area contributed by atoms with E-state index < -0.39 is 0 Å². The summed E-state index contributed by atoms with van der Waals surface area (Å²) in [6.07, 6.45) is 1.62. The average molecular weight is 340 g/mol.